The summed E-state index contributed by atoms with van der Waals surface area (Å²) in [7, 11) is 0. The summed E-state index contributed by atoms with van der Waals surface area (Å²) in [6.45, 7) is 2.07. The molecule has 0 saturated heterocycles. The summed E-state index contributed by atoms with van der Waals surface area (Å²) in [5.74, 6) is -0.0494. The summed E-state index contributed by atoms with van der Waals surface area (Å²) in [6.07, 6.45) is 1.35. The van der Waals surface area contributed by atoms with Crippen LogP contribution in [0.4, 0.5) is 0 Å². The average molecular weight is 175 g/mol. The maximum atomic E-state index is 10.4. The van der Waals surface area contributed by atoms with E-state index in [1.807, 2.05) is 0 Å². The van der Waals surface area contributed by atoms with Gasteiger partial charge >= 0.3 is 0 Å². The number of nitrogens with one attached hydrogen (secondary N) is 1. The van der Waals surface area contributed by atoms with Crippen LogP contribution in [0.3, 0.4) is 0 Å². The fourth-order valence-corrected chi connectivity index (χ4v) is 0.895. The predicted octanol–water partition coefficient (Wildman–Crippen LogP) is -0.354. The van der Waals surface area contributed by atoms with Crippen LogP contribution in [-0.4, -0.2) is 35.4 Å². The van der Waals surface area contributed by atoms with Crippen molar-refractivity contribution < 1.29 is 15.0 Å². The van der Waals surface area contributed by atoms with Gasteiger partial charge in [0.15, 0.2) is 0 Å². The van der Waals surface area contributed by atoms with Gasteiger partial charge in [0, 0.05) is 20.1 Å². The third-order valence-corrected chi connectivity index (χ3v) is 1.55. The highest BCUT2D eigenvalue weighted by molar-refractivity contribution is 5.72. The van der Waals surface area contributed by atoms with Crippen LogP contribution in [-0.2, 0) is 4.79 Å². The maximum absolute atomic E-state index is 10.4. The van der Waals surface area contributed by atoms with Crippen LogP contribution < -0.4 is 5.32 Å². The fraction of sp³-hybridized carbons (Fsp3) is 0.875. The Morgan fingerprint density at radius 3 is 2.67 bits per heavy atom. The van der Waals surface area contributed by atoms with Gasteiger partial charge in [-0.25, -0.2) is 0 Å². The fourth-order valence-electron chi connectivity index (χ4n) is 0.895. The third-order valence-electron chi connectivity index (χ3n) is 1.55. The zero-order valence-electron chi connectivity index (χ0n) is 7.42. The monoisotopic (exact) mass is 175 g/mol. The molecule has 0 aliphatic heterocycles. The molecule has 0 saturated carbocycles. The van der Waals surface area contributed by atoms with Gasteiger partial charge in [-0.3, -0.25) is 4.79 Å². The molecule has 0 bridgehead atoms. The van der Waals surface area contributed by atoms with Crippen molar-refractivity contribution in [3.8, 4) is 0 Å². The minimum Gasteiger partial charge on any atom is -0.396 e. The normalized spacial score (nSPS) is 12.6. The van der Waals surface area contributed by atoms with E-state index >= 15 is 0 Å². The molecular weight excluding hydrogens is 158 g/mol. The second-order valence-electron chi connectivity index (χ2n) is 2.79. The molecule has 1 amide bonds. The zero-order valence-corrected chi connectivity index (χ0v) is 7.42. The number of carbonyl (C=O) groups excluding carboxylic acids is 1. The minimum atomic E-state index is -0.441. The van der Waals surface area contributed by atoms with Crippen molar-refractivity contribution in [1.82, 2.24) is 5.32 Å². The number of aliphatic hydroxyl groups is 2. The summed E-state index contributed by atoms with van der Waals surface area (Å²) in [5.41, 5.74) is 0. The highest BCUT2D eigenvalue weighted by Gasteiger charge is 2.01. The standard InChI is InChI=1S/C8H17NO3/c1-7(11)9-5-2-3-8(12)4-6-10/h8,10,12H,2-6H2,1H3,(H,9,11)/t8-/m0/s1. The molecule has 0 aromatic carbocycles. The Labute approximate surface area is 72.6 Å². The largest absolute Gasteiger partial charge is 0.396 e. The molecule has 4 heteroatoms. The first kappa shape index (κ1) is 11.4. The third kappa shape index (κ3) is 7.50. The van der Waals surface area contributed by atoms with E-state index in [4.69, 9.17) is 10.2 Å². The van der Waals surface area contributed by atoms with E-state index in [1.54, 1.807) is 0 Å². The molecule has 0 unspecified atom stereocenters. The van der Waals surface area contributed by atoms with Gasteiger partial charge in [0.05, 0.1) is 6.10 Å². The van der Waals surface area contributed by atoms with Crippen LogP contribution in [0, 0.1) is 0 Å². The Hall–Kier alpha value is -0.610. The molecule has 0 aliphatic carbocycles. The van der Waals surface area contributed by atoms with E-state index in [1.165, 1.54) is 6.92 Å². The summed E-state index contributed by atoms with van der Waals surface area (Å²) >= 11 is 0. The Morgan fingerprint density at radius 1 is 1.50 bits per heavy atom. The summed E-state index contributed by atoms with van der Waals surface area (Å²) in [4.78, 5) is 10.4. The topological polar surface area (TPSA) is 69.6 Å². The molecule has 0 aromatic rings. The number of hydrogen-bond donors (Lipinski definition) is 3. The first-order chi connectivity index (χ1) is 5.66. The van der Waals surface area contributed by atoms with Gasteiger partial charge in [-0.2, -0.15) is 0 Å². The highest BCUT2D eigenvalue weighted by atomic mass is 16.3. The van der Waals surface area contributed by atoms with Crippen LogP contribution in [0.25, 0.3) is 0 Å². The van der Waals surface area contributed by atoms with Crippen molar-refractivity contribution in [3.63, 3.8) is 0 Å². The van der Waals surface area contributed by atoms with E-state index in [2.05, 4.69) is 5.32 Å². The van der Waals surface area contributed by atoms with Gasteiger partial charge < -0.3 is 15.5 Å². The lowest BCUT2D eigenvalue weighted by Crippen LogP contribution is -2.22. The second kappa shape index (κ2) is 7.06. The van der Waals surface area contributed by atoms with Crippen LogP contribution in [0.1, 0.15) is 26.2 Å². The van der Waals surface area contributed by atoms with Gasteiger partial charge in [-0.05, 0) is 19.3 Å². The lowest BCUT2D eigenvalue weighted by atomic mass is 10.1. The van der Waals surface area contributed by atoms with Gasteiger partial charge in [-0.1, -0.05) is 0 Å². The van der Waals surface area contributed by atoms with Crippen molar-refractivity contribution in [2.45, 2.75) is 32.3 Å². The van der Waals surface area contributed by atoms with E-state index in [0.717, 1.165) is 6.42 Å². The van der Waals surface area contributed by atoms with Crippen LogP contribution in [0.5, 0.6) is 0 Å². The number of rotatable bonds is 6. The summed E-state index contributed by atoms with van der Waals surface area (Å²) in [5, 5.41) is 20.2. The Balaban J connectivity index is 3.13. The molecule has 0 fully saturated rings. The number of carbonyl (C=O) groups is 1. The minimum absolute atomic E-state index is 0.0152. The van der Waals surface area contributed by atoms with E-state index in [-0.39, 0.29) is 12.5 Å². The van der Waals surface area contributed by atoms with Crippen LogP contribution >= 0.6 is 0 Å². The Bertz CT molecular complexity index is 127. The first-order valence-corrected chi connectivity index (χ1v) is 4.20. The molecule has 12 heavy (non-hydrogen) atoms. The highest BCUT2D eigenvalue weighted by Crippen LogP contribution is 1.99. The van der Waals surface area contributed by atoms with Crippen molar-refractivity contribution >= 4 is 5.91 Å². The molecule has 0 aliphatic rings. The van der Waals surface area contributed by atoms with Crippen molar-refractivity contribution in [2.75, 3.05) is 13.2 Å². The van der Waals surface area contributed by atoms with E-state index < -0.39 is 6.10 Å². The number of amides is 1. The van der Waals surface area contributed by atoms with Gasteiger partial charge in [0.1, 0.15) is 0 Å². The molecule has 0 rings (SSSR count). The van der Waals surface area contributed by atoms with E-state index in [9.17, 15) is 4.79 Å². The number of aliphatic hydroxyl groups excluding tert-OH is 2. The smallest absolute Gasteiger partial charge is 0.216 e. The van der Waals surface area contributed by atoms with Gasteiger partial charge in [-0.15, -0.1) is 0 Å². The second-order valence-corrected chi connectivity index (χ2v) is 2.79. The molecular formula is C8H17NO3. The molecule has 0 heterocycles. The molecule has 0 spiro atoms. The molecule has 1 atom stereocenters. The summed E-state index contributed by atoms with van der Waals surface area (Å²) in [6, 6.07) is 0. The zero-order chi connectivity index (χ0) is 9.40. The average Bonchev–Trinajstić information content (AvgIpc) is 1.98. The first-order valence-electron chi connectivity index (χ1n) is 4.20. The lowest BCUT2D eigenvalue weighted by Gasteiger charge is -2.07. The SMILES string of the molecule is CC(=O)NCCC[C@H](O)CCO. The van der Waals surface area contributed by atoms with E-state index in [0.29, 0.717) is 19.4 Å². The van der Waals surface area contributed by atoms with Crippen LogP contribution in [0.15, 0.2) is 0 Å². The Morgan fingerprint density at radius 2 is 2.17 bits per heavy atom. The Kier molecular flexibility index (Phi) is 6.70. The quantitative estimate of drug-likeness (QED) is 0.483. The van der Waals surface area contributed by atoms with Crippen molar-refractivity contribution in [1.29, 1.82) is 0 Å². The molecule has 0 radical (unpaired) electrons. The molecule has 3 N–H and O–H groups in total. The number of hydrogen-bond acceptors (Lipinski definition) is 3. The lowest BCUT2D eigenvalue weighted by molar-refractivity contribution is -0.119. The van der Waals surface area contributed by atoms with Gasteiger partial charge in [0.2, 0.25) is 5.91 Å². The van der Waals surface area contributed by atoms with Crippen molar-refractivity contribution in [3.05, 3.63) is 0 Å². The van der Waals surface area contributed by atoms with Gasteiger partial charge in [0.25, 0.3) is 0 Å². The van der Waals surface area contributed by atoms with Crippen LogP contribution in [0.2, 0.25) is 0 Å². The molecule has 0 aromatic heterocycles. The predicted molar refractivity (Wildman–Crippen MR) is 45.6 cm³/mol. The molecule has 72 valence electrons. The molecule has 4 nitrogen and oxygen atoms in total. The summed E-state index contributed by atoms with van der Waals surface area (Å²) < 4.78 is 0. The maximum Gasteiger partial charge on any atom is 0.216 e. The van der Waals surface area contributed by atoms with Crippen molar-refractivity contribution in [2.24, 2.45) is 0 Å².